The Bertz CT molecular complexity index is 926. The van der Waals surface area contributed by atoms with E-state index in [0.717, 1.165) is 17.8 Å². The Hall–Kier alpha value is -2.94. The summed E-state index contributed by atoms with van der Waals surface area (Å²) in [4.78, 5) is 32.0. The highest BCUT2D eigenvalue weighted by atomic mass is 16.5. The number of amides is 2. The summed E-state index contributed by atoms with van der Waals surface area (Å²) in [5.41, 5.74) is 2.19. The number of benzene rings is 1. The summed E-state index contributed by atoms with van der Waals surface area (Å²) in [6, 6.07) is 4.83. The van der Waals surface area contributed by atoms with Crippen LogP contribution in [-0.2, 0) is 11.2 Å². The number of rotatable bonds is 6. The van der Waals surface area contributed by atoms with Crippen molar-refractivity contribution in [2.24, 2.45) is 0 Å². The third-order valence-electron chi connectivity index (χ3n) is 5.42. The van der Waals surface area contributed by atoms with E-state index in [9.17, 15) is 14.7 Å². The molecule has 30 heavy (non-hydrogen) atoms. The average Bonchev–Trinajstić information content (AvgIpc) is 3.14. The van der Waals surface area contributed by atoms with Crippen molar-refractivity contribution < 1.29 is 19.2 Å². The van der Waals surface area contributed by atoms with Crippen LogP contribution in [0, 0.1) is 0 Å². The van der Waals surface area contributed by atoms with Gasteiger partial charge < -0.3 is 19.8 Å². The number of anilines is 1. The van der Waals surface area contributed by atoms with E-state index in [4.69, 9.17) is 4.52 Å². The molecule has 9 nitrogen and oxygen atoms in total. The smallest absolute Gasteiger partial charge is 0.408 e. The number of nitrogens with zero attached hydrogens (tertiary/aromatic N) is 4. The quantitative estimate of drug-likeness (QED) is 0.746. The molecule has 0 saturated carbocycles. The monoisotopic (exact) mass is 415 g/mol. The van der Waals surface area contributed by atoms with Crippen LogP contribution in [0.3, 0.4) is 0 Å². The van der Waals surface area contributed by atoms with E-state index in [1.165, 1.54) is 11.8 Å². The van der Waals surface area contributed by atoms with Crippen LogP contribution in [0.2, 0.25) is 0 Å². The van der Waals surface area contributed by atoms with Crippen molar-refractivity contribution in [3.05, 3.63) is 29.6 Å². The van der Waals surface area contributed by atoms with Gasteiger partial charge in [0, 0.05) is 43.2 Å². The minimum Gasteiger partial charge on any atom is -0.465 e. The number of carbonyl (C=O) groups excluding carboxylic acids is 1. The highest BCUT2D eigenvalue weighted by Gasteiger charge is 2.38. The fraction of sp³-hybridized carbons (Fsp3) is 0.524. The second kappa shape index (κ2) is 8.83. The third kappa shape index (κ3) is 4.16. The molecule has 162 valence electrons. The summed E-state index contributed by atoms with van der Waals surface area (Å²) in [5.74, 6) is 0.900. The number of hydrogen-bond acceptors (Lipinski definition) is 6. The van der Waals surface area contributed by atoms with Crippen LogP contribution in [0.1, 0.15) is 51.5 Å². The van der Waals surface area contributed by atoms with Crippen molar-refractivity contribution in [3.63, 3.8) is 0 Å². The van der Waals surface area contributed by atoms with Gasteiger partial charge >= 0.3 is 6.09 Å². The molecule has 2 atom stereocenters. The first kappa shape index (κ1) is 21.8. The molecule has 0 radical (unpaired) electrons. The van der Waals surface area contributed by atoms with Crippen LogP contribution >= 0.6 is 0 Å². The second-order valence-corrected chi connectivity index (χ2v) is 7.92. The van der Waals surface area contributed by atoms with Gasteiger partial charge in [0.15, 0.2) is 5.82 Å². The lowest BCUT2D eigenvalue weighted by molar-refractivity contribution is -0.117. The molecule has 1 aromatic carbocycles. The van der Waals surface area contributed by atoms with Crippen LogP contribution in [0.4, 0.5) is 10.5 Å². The third-order valence-corrected chi connectivity index (χ3v) is 5.42. The molecule has 2 amide bonds. The minimum absolute atomic E-state index is 0.0754. The fourth-order valence-corrected chi connectivity index (χ4v) is 4.13. The van der Waals surface area contributed by atoms with Gasteiger partial charge in [0.05, 0.1) is 6.04 Å². The van der Waals surface area contributed by atoms with Gasteiger partial charge in [-0.25, -0.2) is 4.79 Å². The lowest BCUT2D eigenvalue weighted by Crippen LogP contribution is -2.48. The van der Waals surface area contributed by atoms with Gasteiger partial charge in [-0.15, -0.1) is 0 Å². The molecule has 2 N–H and O–H groups in total. The summed E-state index contributed by atoms with van der Waals surface area (Å²) < 4.78 is 5.43. The number of hydrogen-bond donors (Lipinski definition) is 2. The highest BCUT2D eigenvalue weighted by Crippen LogP contribution is 2.42. The number of aromatic nitrogens is 2. The molecule has 0 unspecified atom stereocenters. The molecule has 1 aromatic heterocycles. The predicted octanol–water partition coefficient (Wildman–Crippen LogP) is 3.07. The number of nitrogens with one attached hydrogen (secondary N) is 1. The molecule has 1 aliphatic rings. The maximum Gasteiger partial charge on any atom is 0.408 e. The zero-order valence-electron chi connectivity index (χ0n) is 18.0. The lowest BCUT2D eigenvalue weighted by atomic mass is 9.88. The van der Waals surface area contributed by atoms with Crippen LogP contribution < -0.4 is 10.2 Å². The Morgan fingerprint density at radius 2 is 2.13 bits per heavy atom. The largest absolute Gasteiger partial charge is 0.465 e. The number of likely N-dealkylation sites (N-methyl/N-ethyl adjacent to an activating group) is 1. The summed E-state index contributed by atoms with van der Waals surface area (Å²) in [6.07, 6.45) is 0.170. The summed E-state index contributed by atoms with van der Waals surface area (Å²) in [7, 11) is 1.86. The topological polar surface area (TPSA) is 112 Å². The van der Waals surface area contributed by atoms with E-state index in [2.05, 4.69) is 15.5 Å². The van der Waals surface area contributed by atoms with Crippen LogP contribution in [0.5, 0.6) is 0 Å². The molecule has 0 saturated heterocycles. The Kier molecular flexibility index (Phi) is 6.40. The Morgan fingerprint density at radius 3 is 2.73 bits per heavy atom. The van der Waals surface area contributed by atoms with E-state index < -0.39 is 6.09 Å². The molecular weight excluding hydrogens is 386 g/mol. The summed E-state index contributed by atoms with van der Waals surface area (Å²) in [6.45, 7) is 7.91. The first-order chi connectivity index (χ1) is 14.2. The number of carbonyl (C=O) groups is 2. The molecule has 0 bridgehead atoms. The molecule has 2 aromatic rings. The predicted molar refractivity (Wildman–Crippen MR) is 112 cm³/mol. The van der Waals surface area contributed by atoms with Crippen molar-refractivity contribution in [3.8, 4) is 11.5 Å². The molecule has 3 rings (SSSR count). The van der Waals surface area contributed by atoms with Gasteiger partial charge in [-0.05, 0) is 58.0 Å². The molecule has 0 spiro atoms. The SMILES string of the molecule is CNCCc1noc(-c2ccc3c(c2)[C@H](N(C(=O)O)C(C)C)C[C@H](C)N3C(C)=O)n1. The van der Waals surface area contributed by atoms with Crippen molar-refractivity contribution in [1.82, 2.24) is 20.4 Å². The van der Waals surface area contributed by atoms with Gasteiger partial charge in [0.25, 0.3) is 5.89 Å². The Balaban J connectivity index is 2.08. The van der Waals surface area contributed by atoms with Crippen molar-refractivity contribution >= 4 is 17.7 Å². The Labute approximate surface area is 176 Å². The number of fused-ring (bicyclic) bond motifs is 1. The van der Waals surface area contributed by atoms with Crippen molar-refractivity contribution in [2.45, 2.75) is 58.7 Å². The van der Waals surface area contributed by atoms with Crippen molar-refractivity contribution in [1.29, 1.82) is 0 Å². The van der Waals surface area contributed by atoms with Crippen LogP contribution in [0.25, 0.3) is 11.5 Å². The first-order valence-corrected chi connectivity index (χ1v) is 10.2. The maximum atomic E-state index is 12.3. The fourth-order valence-electron chi connectivity index (χ4n) is 4.13. The van der Waals surface area contributed by atoms with Gasteiger partial charge in [0.1, 0.15) is 0 Å². The highest BCUT2D eigenvalue weighted by molar-refractivity contribution is 5.94. The van der Waals surface area contributed by atoms with E-state index in [-0.39, 0.29) is 24.0 Å². The normalized spacial score (nSPS) is 18.4. The zero-order valence-corrected chi connectivity index (χ0v) is 18.0. The van der Waals surface area contributed by atoms with Crippen LogP contribution in [0.15, 0.2) is 22.7 Å². The van der Waals surface area contributed by atoms with E-state index in [1.807, 2.05) is 46.0 Å². The molecule has 0 aliphatic carbocycles. The van der Waals surface area contributed by atoms with Gasteiger partial charge in [-0.1, -0.05) is 5.16 Å². The lowest BCUT2D eigenvalue weighted by Gasteiger charge is -2.43. The van der Waals surface area contributed by atoms with E-state index in [1.54, 1.807) is 4.90 Å². The van der Waals surface area contributed by atoms with Gasteiger partial charge in [-0.2, -0.15) is 4.98 Å². The Morgan fingerprint density at radius 1 is 1.40 bits per heavy atom. The molecule has 0 fully saturated rings. The first-order valence-electron chi connectivity index (χ1n) is 10.2. The zero-order chi connectivity index (χ0) is 22.0. The maximum absolute atomic E-state index is 12.3. The molecule has 2 heterocycles. The summed E-state index contributed by atoms with van der Waals surface area (Å²) >= 11 is 0. The average molecular weight is 415 g/mol. The van der Waals surface area contributed by atoms with E-state index >= 15 is 0 Å². The summed E-state index contributed by atoms with van der Waals surface area (Å²) in [5, 5.41) is 16.9. The van der Waals surface area contributed by atoms with Gasteiger partial charge in [0.2, 0.25) is 5.91 Å². The number of carboxylic acid groups (broad SMARTS) is 1. The van der Waals surface area contributed by atoms with Gasteiger partial charge in [-0.3, -0.25) is 9.69 Å². The van der Waals surface area contributed by atoms with Crippen molar-refractivity contribution in [2.75, 3.05) is 18.5 Å². The van der Waals surface area contributed by atoms with E-state index in [0.29, 0.717) is 30.1 Å². The standard InChI is InChI=1S/C21H29N5O4/c1-12(2)25(21(28)29)18-10-13(3)26(14(4)27)17-7-6-15(11-16(17)18)20-23-19(24-30-20)8-9-22-5/h6-7,11-13,18,22H,8-10H2,1-5H3,(H,28,29)/t13-,18+/m0/s1. The minimum atomic E-state index is -0.984. The molecular formula is C21H29N5O4. The second-order valence-electron chi connectivity index (χ2n) is 7.92. The molecule has 1 aliphatic heterocycles. The van der Waals surface area contributed by atoms with Crippen LogP contribution in [-0.4, -0.2) is 57.8 Å². The molecule has 9 heteroatoms.